The van der Waals surface area contributed by atoms with Gasteiger partial charge in [0, 0.05) is 25.1 Å². The predicted octanol–water partition coefficient (Wildman–Crippen LogP) is 2.41. The third-order valence-electron chi connectivity index (χ3n) is 4.99. The number of sulfonamides is 1. The van der Waals surface area contributed by atoms with E-state index < -0.39 is 14.9 Å². The zero-order valence-electron chi connectivity index (χ0n) is 15.9. The lowest BCUT2D eigenvalue weighted by atomic mass is 9.96. The predicted molar refractivity (Wildman–Crippen MR) is 109 cm³/mol. The Morgan fingerprint density at radius 1 is 1.17 bits per heavy atom. The molecule has 0 aromatic heterocycles. The minimum Gasteiger partial charge on any atom is -0.369 e. The first-order valence-corrected chi connectivity index (χ1v) is 10.6. The standard InChI is InChI=1S/C19H22N4O5S/c1-13-2-5-16(6-3-13)29(27,28)21-15-4-7-17(18(12-15)23(25)26)22-10-8-14(9-11-22)19(20)24/h2-7,12,14,21H,8-11H2,1H3,(H2,20,24). The van der Waals surface area contributed by atoms with Gasteiger partial charge < -0.3 is 10.6 Å². The zero-order valence-corrected chi connectivity index (χ0v) is 16.7. The van der Waals surface area contributed by atoms with Crippen LogP contribution in [0, 0.1) is 23.0 Å². The maximum absolute atomic E-state index is 12.5. The molecule has 0 unspecified atom stereocenters. The Morgan fingerprint density at radius 3 is 2.34 bits per heavy atom. The van der Waals surface area contributed by atoms with E-state index in [0.717, 1.165) is 5.56 Å². The van der Waals surface area contributed by atoms with E-state index >= 15 is 0 Å². The van der Waals surface area contributed by atoms with Crippen LogP contribution in [-0.4, -0.2) is 32.3 Å². The summed E-state index contributed by atoms with van der Waals surface area (Å²) in [4.78, 5) is 24.3. The smallest absolute Gasteiger partial charge is 0.294 e. The number of nitrogens with one attached hydrogen (secondary N) is 1. The topological polar surface area (TPSA) is 136 Å². The van der Waals surface area contributed by atoms with E-state index in [4.69, 9.17) is 5.73 Å². The van der Waals surface area contributed by atoms with Crippen molar-refractivity contribution in [3.05, 3.63) is 58.1 Å². The van der Waals surface area contributed by atoms with E-state index in [0.29, 0.717) is 31.6 Å². The van der Waals surface area contributed by atoms with Gasteiger partial charge in [0.05, 0.1) is 15.5 Å². The first kappa shape index (κ1) is 20.6. The molecule has 3 rings (SSSR count). The van der Waals surface area contributed by atoms with Gasteiger partial charge in [-0.1, -0.05) is 17.7 Å². The van der Waals surface area contributed by atoms with Gasteiger partial charge in [-0.25, -0.2) is 8.42 Å². The number of rotatable bonds is 6. The van der Waals surface area contributed by atoms with Crippen molar-refractivity contribution in [3.8, 4) is 0 Å². The van der Waals surface area contributed by atoms with E-state index in [1.165, 1.54) is 30.3 Å². The van der Waals surface area contributed by atoms with Crippen molar-refractivity contribution in [2.45, 2.75) is 24.7 Å². The highest BCUT2D eigenvalue weighted by Crippen LogP contribution is 2.34. The Kier molecular flexibility index (Phi) is 5.73. The van der Waals surface area contributed by atoms with Crippen LogP contribution >= 0.6 is 0 Å². The number of carbonyl (C=O) groups is 1. The summed E-state index contributed by atoms with van der Waals surface area (Å²) in [5.74, 6) is -0.592. The third kappa shape index (κ3) is 4.65. The van der Waals surface area contributed by atoms with Gasteiger partial charge in [-0.2, -0.15) is 0 Å². The second-order valence-electron chi connectivity index (χ2n) is 7.04. The Hall–Kier alpha value is -3.14. The molecule has 2 aromatic rings. The fraction of sp³-hybridized carbons (Fsp3) is 0.316. The number of nitro benzene ring substituents is 1. The number of amides is 1. The van der Waals surface area contributed by atoms with Gasteiger partial charge in [-0.15, -0.1) is 0 Å². The number of nitrogens with two attached hydrogens (primary N) is 1. The Morgan fingerprint density at radius 2 is 1.79 bits per heavy atom. The van der Waals surface area contributed by atoms with Gasteiger partial charge in [-0.05, 0) is 44.0 Å². The zero-order chi connectivity index (χ0) is 21.2. The summed E-state index contributed by atoms with van der Waals surface area (Å²) in [6.07, 6.45) is 1.04. The molecule has 1 aliphatic heterocycles. The van der Waals surface area contributed by atoms with Crippen molar-refractivity contribution < 1.29 is 18.1 Å². The van der Waals surface area contributed by atoms with Gasteiger partial charge in [0.25, 0.3) is 15.7 Å². The second kappa shape index (κ2) is 8.08. The fourth-order valence-electron chi connectivity index (χ4n) is 3.34. The minimum atomic E-state index is -3.86. The molecule has 0 radical (unpaired) electrons. The van der Waals surface area contributed by atoms with E-state index in [2.05, 4.69) is 4.72 Å². The maximum atomic E-state index is 12.5. The average Bonchev–Trinajstić information content (AvgIpc) is 2.68. The summed E-state index contributed by atoms with van der Waals surface area (Å²) in [5, 5.41) is 11.6. The van der Waals surface area contributed by atoms with Crippen LogP contribution in [0.5, 0.6) is 0 Å². The number of benzene rings is 2. The lowest BCUT2D eigenvalue weighted by Crippen LogP contribution is -2.38. The van der Waals surface area contributed by atoms with Crippen molar-refractivity contribution in [1.82, 2.24) is 0 Å². The van der Waals surface area contributed by atoms with Gasteiger partial charge in [0.2, 0.25) is 5.91 Å². The average molecular weight is 418 g/mol. The minimum absolute atomic E-state index is 0.0725. The molecule has 0 spiro atoms. The third-order valence-corrected chi connectivity index (χ3v) is 6.39. The summed E-state index contributed by atoms with van der Waals surface area (Å²) >= 11 is 0. The Balaban J connectivity index is 1.84. The van der Waals surface area contributed by atoms with Crippen LogP contribution < -0.4 is 15.4 Å². The molecule has 0 aliphatic carbocycles. The number of piperidine rings is 1. The van der Waals surface area contributed by atoms with Crippen molar-refractivity contribution in [2.24, 2.45) is 11.7 Å². The lowest BCUT2D eigenvalue weighted by Gasteiger charge is -2.32. The summed E-state index contributed by atoms with van der Waals surface area (Å²) < 4.78 is 27.5. The van der Waals surface area contributed by atoms with Crippen LogP contribution in [0.15, 0.2) is 47.4 Å². The van der Waals surface area contributed by atoms with Gasteiger partial charge in [-0.3, -0.25) is 19.6 Å². The highest BCUT2D eigenvalue weighted by Gasteiger charge is 2.28. The number of hydrogen-bond donors (Lipinski definition) is 2. The van der Waals surface area contributed by atoms with Crippen LogP contribution in [0.25, 0.3) is 0 Å². The molecule has 0 atom stereocenters. The van der Waals surface area contributed by atoms with Gasteiger partial charge in [0.1, 0.15) is 5.69 Å². The molecular formula is C19H22N4O5S. The molecule has 1 fully saturated rings. The number of aryl methyl sites for hydroxylation is 1. The van der Waals surface area contributed by atoms with Crippen molar-refractivity contribution in [1.29, 1.82) is 0 Å². The van der Waals surface area contributed by atoms with E-state index in [9.17, 15) is 23.3 Å². The Labute approximate surface area is 168 Å². The highest BCUT2D eigenvalue weighted by atomic mass is 32.2. The van der Waals surface area contributed by atoms with Crippen LogP contribution in [0.4, 0.5) is 17.1 Å². The number of primary amides is 1. The molecule has 0 saturated carbocycles. The number of carbonyl (C=O) groups excluding carboxylic acids is 1. The summed E-state index contributed by atoms with van der Waals surface area (Å²) in [7, 11) is -3.86. The van der Waals surface area contributed by atoms with Gasteiger partial charge >= 0.3 is 0 Å². The summed E-state index contributed by atoms with van der Waals surface area (Å²) in [6.45, 7) is 2.77. The molecule has 154 valence electrons. The lowest BCUT2D eigenvalue weighted by molar-refractivity contribution is -0.384. The molecule has 1 saturated heterocycles. The van der Waals surface area contributed by atoms with Crippen molar-refractivity contribution >= 4 is 33.0 Å². The molecule has 0 bridgehead atoms. The number of nitrogens with zero attached hydrogens (tertiary/aromatic N) is 2. The van der Waals surface area contributed by atoms with Crippen LogP contribution in [0.3, 0.4) is 0 Å². The molecule has 1 heterocycles. The number of anilines is 2. The van der Waals surface area contributed by atoms with Gasteiger partial charge in [0.15, 0.2) is 0 Å². The van der Waals surface area contributed by atoms with Crippen LogP contribution in [0.2, 0.25) is 0 Å². The molecule has 1 aliphatic rings. The van der Waals surface area contributed by atoms with Crippen LogP contribution in [0.1, 0.15) is 18.4 Å². The molecule has 3 N–H and O–H groups in total. The monoisotopic (exact) mass is 418 g/mol. The highest BCUT2D eigenvalue weighted by molar-refractivity contribution is 7.92. The molecular weight excluding hydrogens is 396 g/mol. The molecule has 29 heavy (non-hydrogen) atoms. The van der Waals surface area contributed by atoms with E-state index in [1.54, 1.807) is 12.1 Å². The Bertz CT molecular complexity index is 1030. The number of hydrogen-bond acceptors (Lipinski definition) is 6. The quantitative estimate of drug-likeness (QED) is 0.546. The molecule has 1 amide bonds. The first-order chi connectivity index (χ1) is 13.7. The normalized spacial score (nSPS) is 15.1. The van der Waals surface area contributed by atoms with E-state index in [1.807, 2.05) is 11.8 Å². The van der Waals surface area contributed by atoms with Crippen LogP contribution in [-0.2, 0) is 14.8 Å². The molecule has 2 aromatic carbocycles. The van der Waals surface area contributed by atoms with Crippen molar-refractivity contribution in [2.75, 3.05) is 22.7 Å². The largest absolute Gasteiger partial charge is 0.369 e. The second-order valence-corrected chi connectivity index (χ2v) is 8.73. The number of nitro groups is 1. The SMILES string of the molecule is Cc1ccc(S(=O)(=O)Nc2ccc(N3CCC(C(N)=O)CC3)c([N+](=O)[O-])c2)cc1. The summed E-state index contributed by atoms with van der Waals surface area (Å²) in [6, 6.07) is 10.5. The molecule has 10 heteroatoms. The molecule has 9 nitrogen and oxygen atoms in total. The summed E-state index contributed by atoms with van der Waals surface area (Å²) in [5.41, 5.74) is 6.54. The van der Waals surface area contributed by atoms with Crippen molar-refractivity contribution in [3.63, 3.8) is 0 Å². The fourth-order valence-corrected chi connectivity index (χ4v) is 4.39. The van der Waals surface area contributed by atoms with E-state index in [-0.39, 0.29) is 28.1 Å². The first-order valence-electron chi connectivity index (χ1n) is 9.09. The maximum Gasteiger partial charge on any atom is 0.294 e.